The SMILES string of the molecule is CC1=C(C(=O)O)C(CCc2ccc(N3CCN(C(c4ccccc4)c4ccccc4)CC3)cc2)(c2cc(C#N)ccn2)C(C(=O)O)=C(C)N1C. The minimum Gasteiger partial charge on any atom is -0.478 e. The zero-order chi connectivity index (χ0) is 35.4. The van der Waals surface area contributed by atoms with Crippen molar-refractivity contribution in [3.63, 3.8) is 0 Å². The molecule has 0 unspecified atom stereocenters. The number of anilines is 1. The summed E-state index contributed by atoms with van der Waals surface area (Å²) >= 11 is 0. The Hall–Kier alpha value is -5.72. The molecule has 3 aromatic carbocycles. The van der Waals surface area contributed by atoms with Gasteiger partial charge in [-0.25, -0.2) is 9.59 Å². The highest BCUT2D eigenvalue weighted by Crippen LogP contribution is 2.49. The first-order valence-corrected chi connectivity index (χ1v) is 16.8. The number of carboxylic acid groups (broad SMARTS) is 2. The molecule has 0 aliphatic carbocycles. The third-order valence-electron chi connectivity index (χ3n) is 10.3. The van der Waals surface area contributed by atoms with E-state index in [1.54, 1.807) is 25.8 Å². The molecule has 0 bridgehead atoms. The quantitative estimate of drug-likeness (QED) is 0.198. The van der Waals surface area contributed by atoms with Crippen LogP contribution >= 0.6 is 0 Å². The zero-order valence-electron chi connectivity index (χ0n) is 28.6. The second kappa shape index (κ2) is 14.4. The normalized spacial score (nSPS) is 16.5. The second-order valence-electron chi connectivity index (χ2n) is 13.0. The molecule has 2 aliphatic heterocycles. The third-order valence-corrected chi connectivity index (χ3v) is 10.3. The van der Waals surface area contributed by atoms with E-state index in [-0.39, 0.29) is 34.9 Å². The molecule has 1 fully saturated rings. The fourth-order valence-electron chi connectivity index (χ4n) is 7.70. The Morgan fingerprint density at radius 3 is 1.86 bits per heavy atom. The van der Waals surface area contributed by atoms with Crippen LogP contribution in [0, 0.1) is 11.3 Å². The first-order valence-electron chi connectivity index (χ1n) is 16.8. The smallest absolute Gasteiger partial charge is 0.334 e. The summed E-state index contributed by atoms with van der Waals surface area (Å²) in [7, 11) is 1.67. The number of carbonyl (C=O) groups is 2. The van der Waals surface area contributed by atoms with Crippen LogP contribution in [0.25, 0.3) is 0 Å². The maximum atomic E-state index is 13.0. The van der Waals surface area contributed by atoms with E-state index in [0.29, 0.717) is 17.8 Å². The molecule has 9 heteroatoms. The van der Waals surface area contributed by atoms with Gasteiger partial charge in [-0.3, -0.25) is 9.88 Å². The van der Waals surface area contributed by atoms with E-state index >= 15 is 0 Å². The molecule has 2 aliphatic rings. The molecule has 9 nitrogen and oxygen atoms in total. The van der Waals surface area contributed by atoms with Crippen LogP contribution in [0.15, 0.2) is 126 Å². The summed E-state index contributed by atoms with van der Waals surface area (Å²) in [5.41, 5.74) is 4.29. The highest BCUT2D eigenvalue weighted by Gasteiger charge is 2.52. The van der Waals surface area contributed by atoms with Crippen LogP contribution in [0.4, 0.5) is 5.69 Å². The number of hydrogen-bond acceptors (Lipinski definition) is 7. The summed E-state index contributed by atoms with van der Waals surface area (Å²) in [5.74, 6) is -2.44. The number of pyridine rings is 1. The number of aryl methyl sites for hydroxylation is 1. The predicted molar refractivity (Wildman–Crippen MR) is 192 cm³/mol. The van der Waals surface area contributed by atoms with Gasteiger partial charge < -0.3 is 20.0 Å². The van der Waals surface area contributed by atoms with Crippen molar-refractivity contribution in [2.24, 2.45) is 0 Å². The number of nitrogens with zero attached hydrogens (tertiary/aromatic N) is 5. The van der Waals surface area contributed by atoms with Crippen molar-refractivity contribution < 1.29 is 19.8 Å². The Labute approximate surface area is 293 Å². The molecule has 254 valence electrons. The van der Waals surface area contributed by atoms with E-state index in [9.17, 15) is 25.1 Å². The van der Waals surface area contributed by atoms with E-state index in [1.165, 1.54) is 29.5 Å². The number of benzene rings is 3. The van der Waals surface area contributed by atoms with Crippen LogP contribution in [0.5, 0.6) is 0 Å². The molecular formula is C41H41N5O4. The minimum atomic E-state index is -1.59. The lowest BCUT2D eigenvalue weighted by atomic mass is 9.64. The van der Waals surface area contributed by atoms with Crippen molar-refractivity contribution in [2.45, 2.75) is 38.1 Å². The Balaban J connectivity index is 1.25. The number of aromatic nitrogens is 1. The van der Waals surface area contributed by atoms with Gasteiger partial charge in [0.2, 0.25) is 0 Å². The molecule has 50 heavy (non-hydrogen) atoms. The molecule has 0 saturated carbocycles. The van der Waals surface area contributed by atoms with Crippen molar-refractivity contribution in [2.75, 3.05) is 38.1 Å². The number of hydrogen-bond donors (Lipinski definition) is 2. The van der Waals surface area contributed by atoms with Crippen molar-refractivity contribution >= 4 is 17.6 Å². The van der Waals surface area contributed by atoms with E-state index in [1.807, 2.05) is 12.1 Å². The largest absolute Gasteiger partial charge is 0.478 e. The van der Waals surface area contributed by atoms with Crippen molar-refractivity contribution in [1.29, 1.82) is 5.26 Å². The maximum Gasteiger partial charge on any atom is 0.334 e. The second-order valence-corrected chi connectivity index (χ2v) is 13.0. The average molecular weight is 668 g/mol. The molecule has 0 spiro atoms. The maximum absolute atomic E-state index is 13.0. The Morgan fingerprint density at radius 1 is 0.820 bits per heavy atom. The molecule has 2 N–H and O–H groups in total. The fourth-order valence-corrected chi connectivity index (χ4v) is 7.70. The average Bonchev–Trinajstić information content (AvgIpc) is 3.14. The van der Waals surface area contributed by atoms with E-state index < -0.39 is 17.4 Å². The Kier molecular flexibility index (Phi) is 9.84. The Bertz CT molecular complexity index is 1900. The zero-order valence-corrected chi connectivity index (χ0v) is 28.6. The standard InChI is InChI=1S/C41H41N5O4/c1-28-36(39(47)48)41(35-26-31(27-42)19-21-43-35,37(40(49)50)29(2)44(28)3)20-18-30-14-16-34(17-15-30)45-22-24-46(25-23-45)38(32-10-6-4-7-11-32)33-12-8-5-9-13-33/h4-17,19,21,26,38H,18,20,22-25H2,1-3H3,(H,47,48)(H,49,50). The molecule has 0 radical (unpaired) electrons. The van der Waals surface area contributed by atoms with Gasteiger partial charge in [-0.2, -0.15) is 5.26 Å². The lowest BCUT2D eigenvalue weighted by Crippen LogP contribution is -2.48. The third kappa shape index (κ3) is 6.38. The van der Waals surface area contributed by atoms with Crippen LogP contribution in [-0.4, -0.2) is 70.2 Å². The van der Waals surface area contributed by atoms with Crippen LogP contribution < -0.4 is 4.90 Å². The van der Waals surface area contributed by atoms with Gasteiger partial charge in [-0.15, -0.1) is 0 Å². The number of aliphatic carboxylic acids is 2. The van der Waals surface area contributed by atoms with Crippen molar-refractivity contribution in [1.82, 2.24) is 14.8 Å². The monoisotopic (exact) mass is 667 g/mol. The van der Waals surface area contributed by atoms with Gasteiger partial charge in [-0.05, 0) is 67.6 Å². The van der Waals surface area contributed by atoms with Gasteiger partial charge in [0.1, 0.15) is 0 Å². The highest BCUT2D eigenvalue weighted by molar-refractivity contribution is 6.00. The summed E-state index contributed by atoms with van der Waals surface area (Å²) in [4.78, 5) is 37.0. The molecule has 4 aromatic rings. The van der Waals surface area contributed by atoms with Gasteiger partial charge in [-0.1, -0.05) is 72.8 Å². The van der Waals surface area contributed by atoms with Gasteiger partial charge >= 0.3 is 11.9 Å². The van der Waals surface area contributed by atoms with Gasteiger partial charge in [0, 0.05) is 56.5 Å². The van der Waals surface area contributed by atoms with Crippen LogP contribution in [0.2, 0.25) is 0 Å². The van der Waals surface area contributed by atoms with E-state index in [2.05, 4.69) is 93.6 Å². The number of piperazine rings is 1. The molecule has 1 saturated heterocycles. The minimum absolute atomic E-state index is 0.0515. The first-order chi connectivity index (χ1) is 24.1. The van der Waals surface area contributed by atoms with Crippen molar-refractivity contribution in [3.8, 4) is 6.07 Å². The molecule has 1 aromatic heterocycles. The molecule has 0 amide bonds. The Morgan fingerprint density at radius 2 is 1.36 bits per heavy atom. The predicted octanol–water partition coefficient (Wildman–Crippen LogP) is 6.40. The number of rotatable bonds is 10. The molecule has 0 atom stereocenters. The van der Waals surface area contributed by atoms with E-state index in [4.69, 9.17) is 0 Å². The molecule has 3 heterocycles. The lowest BCUT2D eigenvalue weighted by molar-refractivity contribution is -0.134. The first kappa shape index (κ1) is 34.2. The number of allylic oxidation sites excluding steroid dienone is 2. The summed E-state index contributed by atoms with van der Waals surface area (Å²) in [6, 6.07) is 34.8. The summed E-state index contributed by atoms with van der Waals surface area (Å²) < 4.78 is 0. The topological polar surface area (TPSA) is 121 Å². The molecular weight excluding hydrogens is 626 g/mol. The summed E-state index contributed by atoms with van der Waals surface area (Å²) in [6.45, 7) is 6.90. The fraction of sp³-hybridized carbons (Fsp3) is 0.268. The van der Waals surface area contributed by atoms with Crippen LogP contribution in [0.3, 0.4) is 0 Å². The summed E-state index contributed by atoms with van der Waals surface area (Å²) in [5, 5.41) is 30.9. The number of nitriles is 1. The highest BCUT2D eigenvalue weighted by atomic mass is 16.4. The van der Waals surface area contributed by atoms with Gasteiger partial charge in [0.25, 0.3) is 0 Å². The van der Waals surface area contributed by atoms with Crippen LogP contribution in [0.1, 0.15) is 54.3 Å². The summed E-state index contributed by atoms with van der Waals surface area (Å²) in [6.07, 6.45) is 1.97. The molecule has 6 rings (SSSR count). The lowest BCUT2D eigenvalue weighted by Gasteiger charge is -2.43. The van der Waals surface area contributed by atoms with Gasteiger partial charge in [0.05, 0.1) is 39.9 Å². The van der Waals surface area contributed by atoms with Gasteiger partial charge in [0.15, 0.2) is 0 Å². The van der Waals surface area contributed by atoms with E-state index in [0.717, 1.165) is 37.4 Å². The number of carboxylic acids is 2. The van der Waals surface area contributed by atoms with Crippen LogP contribution in [-0.2, 0) is 21.4 Å². The van der Waals surface area contributed by atoms with Crippen molar-refractivity contribution in [3.05, 3.63) is 154 Å².